The van der Waals surface area contributed by atoms with Gasteiger partial charge in [0, 0.05) is 71.7 Å². The van der Waals surface area contributed by atoms with Crippen molar-refractivity contribution in [2.45, 2.75) is 47.9 Å². The van der Waals surface area contributed by atoms with E-state index in [0.29, 0.717) is 56.4 Å². The number of nitrogens with one attached hydrogen (secondary N) is 1. The molecule has 0 spiro atoms. The Morgan fingerprint density at radius 3 is 1.63 bits per heavy atom. The van der Waals surface area contributed by atoms with Crippen LogP contribution >= 0.6 is 11.6 Å². The topological polar surface area (TPSA) is 188 Å². The molecule has 9 rings (SSSR count). The number of aromatic nitrogens is 8. The van der Waals surface area contributed by atoms with E-state index < -0.39 is 20.0 Å². The van der Waals surface area contributed by atoms with Crippen molar-refractivity contribution >= 4 is 59.7 Å². The predicted molar refractivity (Wildman–Crippen MR) is 226 cm³/mol. The van der Waals surface area contributed by atoms with Crippen LogP contribution < -0.4 is 5.32 Å². The number of hydrogen-bond donors (Lipinski definition) is 2. The van der Waals surface area contributed by atoms with Gasteiger partial charge in [0.15, 0.2) is 11.3 Å². The second-order valence-corrected chi connectivity index (χ2v) is 17.9. The first kappa shape index (κ1) is 39.7. The molecule has 0 aliphatic heterocycles. The van der Waals surface area contributed by atoms with Crippen LogP contribution in [0.4, 0.5) is 5.95 Å². The maximum absolute atomic E-state index is 13.4. The van der Waals surface area contributed by atoms with Gasteiger partial charge in [-0.1, -0.05) is 36.4 Å². The number of anilines is 1. The lowest BCUT2D eigenvalue weighted by Crippen LogP contribution is -2.27. The summed E-state index contributed by atoms with van der Waals surface area (Å²) in [6.07, 6.45) is 14.5. The number of benzene rings is 2. The summed E-state index contributed by atoms with van der Waals surface area (Å²) in [6, 6.07) is 27.5. The Hall–Kier alpha value is -6.07. The lowest BCUT2D eigenvalue weighted by Gasteiger charge is -2.28. The fourth-order valence-corrected chi connectivity index (χ4v) is 10.1. The van der Waals surface area contributed by atoms with Crippen molar-refractivity contribution in [2.75, 3.05) is 11.9 Å². The van der Waals surface area contributed by atoms with E-state index in [9.17, 15) is 21.9 Å². The van der Waals surface area contributed by atoms with Crippen LogP contribution in [0.2, 0.25) is 5.28 Å². The molecule has 59 heavy (non-hydrogen) atoms. The van der Waals surface area contributed by atoms with Gasteiger partial charge < -0.3 is 10.4 Å². The van der Waals surface area contributed by atoms with Gasteiger partial charge in [0.05, 0.1) is 21.2 Å². The second-order valence-electron chi connectivity index (χ2n) is 13.9. The number of hydrogen-bond acceptors (Lipinski definition) is 12. The zero-order chi connectivity index (χ0) is 41.0. The Balaban J connectivity index is 0.000000172. The summed E-state index contributed by atoms with van der Waals surface area (Å²) < 4.78 is 55.2. The molecule has 17 heteroatoms. The van der Waals surface area contributed by atoms with Gasteiger partial charge in [-0.05, 0) is 110 Å². The van der Waals surface area contributed by atoms with E-state index in [0.717, 1.165) is 32.1 Å². The molecular formula is C42H38ClN9O5S2. The van der Waals surface area contributed by atoms with E-state index in [1.807, 2.05) is 6.07 Å². The number of aliphatic hydroxyl groups is 1. The highest BCUT2D eigenvalue weighted by Gasteiger charge is 2.25. The molecule has 0 unspecified atom stereocenters. The van der Waals surface area contributed by atoms with Gasteiger partial charge in [0.25, 0.3) is 20.0 Å². The molecule has 1 saturated carbocycles. The molecule has 0 radical (unpaired) electrons. The molecule has 1 aliphatic rings. The fourth-order valence-electron chi connectivity index (χ4n) is 7.27. The van der Waals surface area contributed by atoms with Gasteiger partial charge in [0.1, 0.15) is 0 Å². The molecule has 1 fully saturated rings. The summed E-state index contributed by atoms with van der Waals surface area (Å²) in [5.41, 5.74) is 3.14. The van der Waals surface area contributed by atoms with Crippen LogP contribution in [0.3, 0.4) is 0 Å². The van der Waals surface area contributed by atoms with E-state index in [2.05, 4.69) is 30.2 Å². The van der Waals surface area contributed by atoms with Crippen molar-refractivity contribution in [3.8, 4) is 22.5 Å². The van der Waals surface area contributed by atoms with E-state index in [-0.39, 0.29) is 27.7 Å². The molecule has 0 amide bonds. The minimum absolute atomic E-state index is 0.0909. The van der Waals surface area contributed by atoms with Gasteiger partial charge in [-0.15, -0.1) is 0 Å². The quantitative estimate of drug-likeness (QED) is 0.130. The average Bonchev–Trinajstić information content (AvgIpc) is 3.87. The van der Waals surface area contributed by atoms with Crippen molar-refractivity contribution in [2.24, 2.45) is 5.92 Å². The van der Waals surface area contributed by atoms with Crippen molar-refractivity contribution in [3.05, 3.63) is 140 Å². The van der Waals surface area contributed by atoms with Crippen LogP contribution in [0.1, 0.15) is 32.1 Å². The Morgan fingerprint density at radius 1 is 0.610 bits per heavy atom. The predicted octanol–water partition coefficient (Wildman–Crippen LogP) is 7.47. The first-order valence-electron chi connectivity index (χ1n) is 18.9. The van der Waals surface area contributed by atoms with E-state index in [4.69, 9.17) is 16.6 Å². The molecule has 0 saturated heterocycles. The fraction of sp³-hybridized carbons (Fsp3) is 0.190. The van der Waals surface area contributed by atoms with Crippen molar-refractivity contribution in [1.82, 2.24) is 37.8 Å². The number of halogens is 1. The minimum Gasteiger partial charge on any atom is -0.396 e. The maximum atomic E-state index is 13.4. The summed E-state index contributed by atoms with van der Waals surface area (Å²) in [5.74, 6) is 1.11. The van der Waals surface area contributed by atoms with Gasteiger partial charge >= 0.3 is 0 Å². The third-order valence-corrected chi connectivity index (χ3v) is 13.7. The summed E-state index contributed by atoms with van der Waals surface area (Å²) in [7, 11) is -7.60. The molecule has 14 nitrogen and oxygen atoms in total. The lowest BCUT2D eigenvalue weighted by atomic mass is 9.84. The Kier molecular flexibility index (Phi) is 11.5. The third kappa shape index (κ3) is 8.29. The molecule has 8 aromatic rings. The zero-order valence-electron chi connectivity index (χ0n) is 31.5. The van der Waals surface area contributed by atoms with Crippen molar-refractivity contribution in [1.29, 1.82) is 0 Å². The molecule has 300 valence electrons. The van der Waals surface area contributed by atoms with Crippen LogP contribution in [0.15, 0.2) is 144 Å². The number of fused-ring (bicyclic) bond motifs is 2. The summed E-state index contributed by atoms with van der Waals surface area (Å²) in [5, 5.41) is 14.1. The van der Waals surface area contributed by atoms with Gasteiger partial charge in [-0.2, -0.15) is 0 Å². The first-order chi connectivity index (χ1) is 28.6. The van der Waals surface area contributed by atoms with Crippen LogP contribution in [0.25, 0.3) is 44.6 Å². The summed E-state index contributed by atoms with van der Waals surface area (Å²) >= 11 is 5.88. The molecule has 0 bridgehead atoms. The largest absolute Gasteiger partial charge is 0.396 e. The van der Waals surface area contributed by atoms with Gasteiger partial charge in [-0.25, -0.2) is 54.7 Å². The second kappa shape index (κ2) is 17.0. The summed E-state index contributed by atoms with van der Waals surface area (Å²) in [6.45, 7) is 0.246. The first-order valence-corrected chi connectivity index (χ1v) is 22.1. The minimum atomic E-state index is -3.82. The SMILES string of the molecule is O=S(=O)(c1ccccc1)n1cc(-c2ccnc(Cl)n2)c2cccnc21.O=S(=O)(c1ccccc1)n1cc(-c2ccnc(NC3CCC(CCO)CC3)n2)c2cccnc21. The molecular weight excluding hydrogens is 810 g/mol. The Morgan fingerprint density at radius 2 is 1.12 bits per heavy atom. The summed E-state index contributed by atoms with van der Waals surface area (Å²) in [4.78, 5) is 26.1. The zero-order valence-corrected chi connectivity index (χ0v) is 33.8. The molecule has 2 N–H and O–H groups in total. The lowest BCUT2D eigenvalue weighted by molar-refractivity contribution is 0.225. The van der Waals surface area contributed by atoms with Crippen LogP contribution in [-0.2, 0) is 20.0 Å². The van der Waals surface area contributed by atoms with E-state index >= 15 is 0 Å². The smallest absolute Gasteiger partial charge is 0.269 e. The molecule has 6 heterocycles. The molecule has 2 aromatic carbocycles. The third-order valence-electron chi connectivity index (χ3n) is 10.2. The van der Waals surface area contributed by atoms with Crippen LogP contribution in [0.5, 0.6) is 0 Å². The normalized spacial score (nSPS) is 15.8. The van der Waals surface area contributed by atoms with E-state index in [1.165, 1.54) is 20.3 Å². The highest BCUT2D eigenvalue weighted by molar-refractivity contribution is 7.90. The van der Waals surface area contributed by atoms with Crippen LogP contribution in [0, 0.1) is 5.92 Å². The highest BCUT2D eigenvalue weighted by Crippen LogP contribution is 2.34. The molecule has 1 aliphatic carbocycles. The molecule has 6 aromatic heterocycles. The Bertz CT molecular complexity index is 2960. The molecule has 0 atom stereocenters. The highest BCUT2D eigenvalue weighted by atomic mass is 35.5. The number of rotatable bonds is 10. The van der Waals surface area contributed by atoms with Crippen molar-refractivity contribution < 1.29 is 21.9 Å². The number of aliphatic hydroxyl groups excluding tert-OH is 1. The Labute approximate surface area is 345 Å². The van der Waals surface area contributed by atoms with E-state index in [1.54, 1.807) is 116 Å². The average molecular weight is 848 g/mol. The van der Waals surface area contributed by atoms with Crippen molar-refractivity contribution in [3.63, 3.8) is 0 Å². The van der Waals surface area contributed by atoms with Gasteiger partial charge in [-0.3, -0.25) is 0 Å². The number of nitrogens with zero attached hydrogens (tertiary/aromatic N) is 8. The van der Waals surface area contributed by atoms with Gasteiger partial charge in [0.2, 0.25) is 11.2 Å². The number of pyridine rings is 2. The van der Waals surface area contributed by atoms with Crippen LogP contribution in [-0.4, -0.2) is 72.4 Å². The maximum Gasteiger partial charge on any atom is 0.269 e. The standard InChI is InChI=1S/C25H27N5O3S.C17H11ClN4O2S/c31-16-13-18-8-10-19(11-9-18)28-25-27-15-12-23(29-25)22-17-30(24-21(22)7-4-14-26-24)34(32,33)20-5-2-1-3-6-20;18-17-20-10-8-15(21-17)14-11-22(16-13(14)7-4-9-19-16)25(23,24)12-5-2-1-3-6-12/h1-7,12,14-15,17-19,31H,8-11,13,16H2,(H,27,28,29);1-11H. The monoisotopic (exact) mass is 847 g/mol.